The van der Waals surface area contributed by atoms with Crippen LogP contribution in [-0.4, -0.2) is 29.4 Å². The lowest BCUT2D eigenvalue weighted by atomic mass is 10.3. The fourth-order valence-electron chi connectivity index (χ4n) is 0.872. The number of nitrogens with zero attached hydrogens (tertiary/aromatic N) is 2. The van der Waals surface area contributed by atoms with Gasteiger partial charge in [0.1, 0.15) is 0 Å². The summed E-state index contributed by atoms with van der Waals surface area (Å²) in [6, 6.07) is 0. The molecule has 0 spiro atoms. The summed E-state index contributed by atoms with van der Waals surface area (Å²) >= 11 is 1.36. The largest absolute Gasteiger partial charge is 0.438 e. The fourth-order valence-corrected chi connectivity index (χ4v) is 1.25. The van der Waals surface area contributed by atoms with Gasteiger partial charge in [0.2, 0.25) is 5.76 Å². The molecule has 0 radical (unpaired) electrons. The second kappa shape index (κ2) is 4.80. The minimum Gasteiger partial charge on any atom is -0.438 e. The molecule has 0 aromatic carbocycles. The number of thioether (sulfide) groups is 1. The molecule has 0 aliphatic rings. The summed E-state index contributed by atoms with van der Waals surface area (Å²) in [4.78, 5) is 19.2. The van der Waals surface area contributed by atoms with Crippen LogP contribution in [0.3, 0.4) is 0 Å². The van der Waals surface area contributed by atoms with Crippen molar-refractivity contribution >= 4 is 22.8 Å². The fraction of sp³-hybridized carbons (Fsp3) is 0.375. The van der Waals surface area contributed by atoms with Gasteiger partial charge in [-0.3, -0.25) is 15.1 Å². The Labute approximate surface area is 86.0 Å². The van der Waals surface area contributed by atoms with Gasteiger partial charge in [0.05, 0.1) is 5.69 Å². The summed E-state index contributed by atoms with van der Waals surface area (Å²) in [5.41, 5.74) is 0.569. The summed E-state index contributed by atoms with van der Waals surface area (Å²) in [6.45, 7) is 1.71. The monoisotopic (exact) mass is 213 g/mol. The minimum absolute atomic E-state index is 0.222. The molecule has 1 heterocycles. The number of hydrogen-bond donors (Lipinski definition) is 1. The van der Waals surface area contributed by atoms with Crippen LogP contribution in [0.4, 0.5) is 0 Å². The van der Waals surface area contributed by atoms with Crippen molar-refractivity contribution in [2.45, 2.75) is 6.92 Å². The summed E-state index contributed by atoms with van der Waals surface area (Å²) in [5, 5.41) is 3.15. The van der Waals surface area contributed by atoms with Crippen molar-refractivity contribution in [1.82, 2.24) is 10.3 Å². The quantitative estimate of drug-likeness (QED) is 0.559. The van der Waals surface area contributed by atoms with E-state index >= 15 is 0 Å². The first-order valence-electron chi connectivity index (χ1n) is 3.91. The number of nitrogens with one attached hydrogen (secondary N) is 1. The Morgan fingerprint density at radius 1 is 1.71 bits per heavy atom. The second-order valence-electron chi connectivity index (χ2n) is 2.45. The molecule has 0 fully saturated rings. The highest BCUT2D eigenvalue weighted by Gasteiger charge is 2.14. The number of carbonyl (C=O) groups is 1. The molecule has 5 nitrogen and oxygen atoms in total. The van der Waals surface area contributed by atoms with Crippen molar-refractivity contribution in [3.63, 3.8) is 0 Å². The number of aryl methyl sites for hydroxylation is 1. The molecule has 6 heteroatoms. The molecule has 76 valence electrons. The van der Waals surface area contributed by atoms with E-state index < -0.39 is 0 Å². The number of aliphatic imine (C=N–C) groups is 1. The zero-order valence-electron chi connectivity index (χ0n) is 8.20. The maximum absolute atomic E-state index is 11.5. The maximum Gasteiger partial charge on any atom is 0.294 e. The first-order chi connectivity index (χ1) is 6.69. The van der Waals surface area contributed by atoms with E-state index in [1.807, 2.05) is 6.26 Å². The van der Waals surface area contributed by atoms with Crippen molar-refractivity contribution in [1.29, 1.82) is 0 Å². The van der Waals surface area contributed by atoms with Gasteiger partial charge in [0.15, 0.2) is 11.6 Å². The molecule has 1 amide bonds. The molecule has 1 rings (SSSR count). The molecule has 1 aromatic heterocycles. The lowest BCUT2D eigenvalue weighted by molar-refractivity contribution is 0.0950. The van der Waals surface area contributed by atoms with Gasteiger partial charge in [-0.1, -0.05) is 11.8 Å². The number of aromatic nitrogens is 1. The smallest absolute Gasteiger partial charge is 0.294 e. The van der Waals surface area contributed by atoms with E-state index in [2.05, 4.69) is 15.3 Å². The number of amidine groups is 1. The third kappa shape index (κ3) is 2.35. The van der Waals surface area contributed by atoms with E-state index in [4.69, 9.17) is 4.42 Å². The lowest BCUT2D eigenvalue weighted by Gasteiger charge is -2.02. The van der Waals surface area contributed by atoms with Gasteiger partial charge in [-0.25, -0.2) is 4.98 Å². The van der Waals surface area contributed by atoms with E-state index in [0.29, 0.717) is 10.9 Å². The average molecular weight is 213 g/mol. The lowest BCUT2D eigenvalue weighted by Crippen LogP contribution is -2.28. The second-order valence-corrected chi connectivity index (χ2v) is 3.25. The Morgan fingerprint density at radius 3 is 2.86 bits per heavy atom. The van der Waals surface area contributed by atoms with Crippen LogP contribution >= 0.6 is 11.8 Å². The SMILES string of the molecule is CN=C(NC(=O)c1ocnc1C)SC. The molecule has 0 saturated heterocycles. The first-order valence-corrected chi connectivity index (χ1v) is 5.13. The van der Waals surface area contributed by atoms with E-state index in [0.717, 1.165) is 0 Å². The normalized spacial score (nSPS) is 11.5. The third-order valence-electron chi connectivity index (χ3n) is 1.57. The zero-order valence-corrected chi connectivity index (χ0v) is 9.01. The van der Waals surface area contributed by atoms with Crippen LogP contribution in [0.2, 0.25) is 0 Å². The van der Waals surface area contributed by atoms with Crippen LogP contribution in [0.1, 0.15) is 16.2 Å². The Balaban J connectivity index is 2.73. The predicted octanol–water partition coefficient (Wildman–Crippen LogP) is 1.06. The standard InChI is InChI=1S/C8H11N3O2S/c1-5-6(13-4-10-5)7(12)11-8(9-2)14-3/h4H,1-3H3,(H,9,11,12). The van der Waals surface area contributed by atoms with Gasteiger partial charge >= 0.3 is 0 Å². The van der Waals surface area contributed by atoms with Crippen molar-refractivity contribution < 1.29 is 9.21 Å². The van der Waals surface area contributed by atoms with Crippen LogP contribution in [0.25, 0.3) is 0 Å². The number of hydrogen-bond acceptors (Lipinski definition) is 5. The molecule has 0 bridgehead atoms. The summed E-state index contributed by atoms with van der Waals surface area (Å²) in [5.74, 6) is -0.102. The first kappa shape index (κ1) is 10.8. The van der Waals surface area contributed by atoms with Crippen LogP contribution < -0.4 is 5.32 Å². The van der Waals surface area contributed by atoms with Gasteiger partial charge in [0, 0.05) is 7.05 Å². The van der Waals surface area contributed by atoms with Gasteiger partial charge in [0.25, 0.3) is 5.91 Å². The Bertz CT molecular complexity index is 359. The molecule has 14 heavy (non-hydrogen) atoms. The molecule has 0 saturated carbocycles. The number of oxazole rings is 1. The van der Waals surface area contributed by atoms with Crippen molar-refractivity contribution in [2.75, 3.05) is 13.3 Å². The Kier molecular flexibility index (Phi) is 3.70. The average Bonchev–Trinajstić information content (AvgIpc) is 2.60. The Hall–Kier alpha value is -1.30. The number of rotatable bonds is 1. The van der Waals surface area contributed by atoms with Crippen molar-refractivity contribution in [3.05, 3.63) is 17.8 Å². The topological polar surface area (TPSA) is 67.5 Å². The van der Waals surface area contributed by atoms with E-state index in [9.17, 15) is 4.79 Å². The van der Waals surface area contributed by atoms with Crippen LogP contribution in [0.5, 0.6) is 0 Å². The van der Waals surface area contributed by atoms with Gasteiger partial charge < -0.3 is 4.42 Å². The highest BCUT2D eigenvalue weighted by molar-refractivity contribution is 8.13. The molecule has 0 atom stereocenters. The van der Waals surface area contributed by atoms with Gasteiger partial charge in [-0.2, -0.15) is 0 Å². The zero-order chi connectivity index (χ0) is 10.6. The van der Waals surface area contributed by atoms with E-state index in [1.54, 1.807) is 14.0 Å². The third-order valence-corrected chi connectivity index (χ3v) is 2.24. The number of amides is 1. The van der Waals surface area contributed by atoms with Crippen LogP contribution in [-0.2, 0) is 0 Å². The van der Waals surface area contributed by atoms with E-state index in [1.165, 1.54) is 18.2 Å². The van der Waals surface area contributed by atoms with Crippen molar-refractivity contribution in [2.24, 2.45) is 4.99 Å². The molecular formula is C8H11N3O2S. The van der Waals surface area contributed by atoms with Gasteiger partial charge in [-0.15, -0.1) is 0 Å². The summed E-state index contributed by atoms with van der Waals surface area (Å²) in [6.07, 6.45) is 3.07. The molecule has 0 unspecified atom stereocenters. The highest BCUT2D eigenvalue weighted by Crippen LogP contribution is 2.05. The highest BCUT2D eigenvalue weighted by atomic mass is 32.2. The van der Waals surface area contributed by atoms with Crippen LogP contribution in [0, 0.1) is 6.92 Å². The summed E-state index contributed by atoms with van der Waals surface area (Å²) < 4.78 is 4.93. The van der Waals surface area contributed by atoms with Crippen LogP contribution in [0.15, 0.2) is 15.8 Å². The molecular weight excluding hydrogens is 202 g/mol. The van der Waals surface area contributed by atoms with Gasteiger partial charge in [-0.05, 0) is 13.2 Å². The maximum atomic E-state index is 11.5. The number of carbonyl (C=O) groups excluding carboxylic acids is 1. The minimum atomic E-state index is -0.324. The molecule has 0 aliphatic heterocycles. The van der Waals surface area contributed by atoms with E-state index in [-0.39, 0.29) is 11.7 Å². The molecule has 1 aromatic rings. The predicted molar refractivity (Wildman–Crippen MR) is 55.6 cm³/mol. The van der Waals surface area contributed by atoms with Crippen molar-refractivity contribution in [3.8, 4) is 0 Å². The molecule has 1 N–H and O–H groups in total. The molecule has 0 aliphatic carbocycles. The summed E-state index contributed by atoms with van der Waals surface area (Å²) in [7, 11) is 1.61. The Morgan fingerprint density at radius 2 is 2.43 bits per heavy atom.